The summed E-state index contributed by atoms with van der Waals surface area (Å²) in [5.41, 5.74) is 2.29. The Labute approximate surface area is 293 Å². The molecule has 2 fully saturated rings. The molecule has 0 N–H and O–H groups in total. The fourth-order valence-electron chi connectivity index (χ4n) is 3.91. The van der Waals surface area contributed by atoms with Crippen LogP contribution in [0.25, 0.3) is 11.1 Å². The second-order valence-electron chi connectivity index (χ2n) is 9.24. The lowest BCUT2D eigenvalue weighted by Crippen LogP contribution is -2.25. The molecule has 0 aliphatic carbocycles. The minimum Gasteiger partial charge on any atom is -0.489 e. The van der Waals surface area contributed by atoms with Gasteiger partial charge in [-0.2, -0.15) is 0 Å². The standard InChI is InChI=1S/C24H24I6O6/c1-23(2)33-9-11(35-23)7-31-21-15(27)5-13(25)17(19(21)29)18-14(26)6-16(28)22(20(18)30)32-8-12-10-34-24(3,4)36-12/h5-6,11-12H,7-10H2,1-4H3. The molecule has 12 heteroatoms. The summed E-state index contributed by atoms with van der Waals surface area (Å²) in [6.07, 6.45) is -0.195. The summed E-state index contributed by atoms with van der Waals surface area (Å²) in [7, 11) is 0. The summed E-state index contributed by atoms with van der Waals surface area (Å²) < 4.78 is 42.6. The highest BCUT2D eigenvalue weighted by molar-refractivity contribution is 14.1. The van der Waals surface area contributed by atoms with Crippen LogP contribution < -0.4 is 9.47 Å². The molecule has 0 saturated carbocycles. The molecule has 0 radical (unpaired) electrons. The van der Waals surface area contributed by atoms with E-state index in [1.807, 2.05) is 27.7 Å². The Bertz CT molecular complexity index is 1070. The average molecular weight is 1170 g/mol. The lowest BCUT2D eigenvalue weighted by Gasteiger charge is -2.22. The minimum atomic E-state index is -0.569. The van der Waals surface area contributed by atoms with E-state index >= 15 is 0 Å². The van der Waals surface area contributed by atoms with Crippen molar-refractivity contribution in [2.75, 3.05) is 26.4 Å². The van der Waals surface area contributed by atoms with Crippen LogP contribution in [-0.4, -0.2) is 50.2 Å². The SMILES string of the molecule is CC1(C)OCC(COc2c(I)cc(I)c(-c3c(I)cc(I)c(OCC4COC(C)(C)O4)c3I)c2I)O1. The minimum absolute atomic E-state index is 0.0975. The number of halogens is 6. The number of benzene rings is 2. The molecule has 2 aliphatic heterocycles. The van der Waals surface area contributed by atoms with Crippen LogP contribution in [-0.2, 0) is 18.9 Å². The number of ether oxygens (including phenoxy) is 6. The van der Waals surface area contributed by atoms with E-state index in [0.29, 0.717) is 26.4 Å². The van der Waals surface area contributed by atoms with E-state index in [2.05, 4.69) is 148 Å². The van der Waals surface area contributed by atoms with Crippen LogP contribution in [0.4, 0.5) is 0 Å². The van der Waals surface area contributed by atoms with Gasteiger partial charge >= 0.3 is 0 Å². The molecule has 198 valence electrons. The van der Waals surface area contributed by atoms with Gasteiger partial charge in [-0.05, 0) is 175 Å². The highest BCUT2D eigenvalue weighted by Crippen LogP contribution is 2.46. The first-order valence-corrected chi connectivity index (χ1v) is 17.5. The topological polar surface area (TPSA) is 55.4 Å². The highest BCUT2D eigenvalue weighted by Gasteiger charge is 2.35. The van der Waals surface area contributed by atoms with E-state index in [1.54, 1.807) is 0 Å². The summed E-state index contributed by atoms with van der Waals surface area (Å²) in [5.74, 6) is 0.597. The molecule has 36 heavy (non-hydrogen) atoms. The van der Waals surface area contributed by atoms with Crippen molar-refractivity contribution in [2.24, 2.45) is 0 Å². The second kappa shape index (κ2) is 12.6. The molecule has 2 heterocycles. The molecule has 4 rings (SSSR count). The van der Waals surface area contributed by atoms with Gasteiger partial charge in [0.2, 0.25) is 0 Å². The zero-order valence-electron chi connectivity index (χ0n) is 19.9. The lowest BCUT2D eigenvalue weighted by atomic mass is 10.1. The van der Waals surface area contributed by atoms with Crippen molar-refractivity contribution in [2.45, 2.75) is 51.5 Å². The van der Waals surface area contributed by atoms with Gasteiger partial charge in [0.25, 0.3) is 0 Å². The molecule has 2 aromatic carbocycles. The number of hydrogen-bond donors (Lipinski definition) is 0. The van der Waals surface area contributed by atoms with Crippen molar-refractivity contribution < 1.29 is 28.4 Å². The molecule has 0 spiro atoms. The van der Waals surface area contributed by atoms with Crippen LogP contribution in [0.5, 0.6) is 11.5 Å². The lowest BCUT2D eigenvalue weighted by molar-refractivity contribution is -0.141. The summed E-state index contributed by atoms with van der Waals surface area (Å²) in [4.78, 5) is 0. The van der Waals surface area contributed by atoms with E-state index < -0.39 is 11.6 Å². The fraction of sp³-hybridized carbons (Fsp3) is 0.500. The van der Waals surface area contributed by atoms with Gasteiger partial charge in [-0.15, -0.1) is 0 Å². The summed E-state index contributed by atoms with van der Waals surface area (Å²) in [6.45, 7) is 9.63. The zero-order valence-corrected chi connectivity index (χ0v) is 32.8. The summed E-state index contributed by atoms with van der Waals surface area (Å²) >= 11 is 14.3. The average Bonchev–Trinajstić information content (AvgIpc) is 3.29. The molecular formula is C24H24I6O6. The van der Waals surface area contributed by atoms with Gasteiger partial charge in [0.1, 0.15) is 36.9 Å². The highest BCUT2D eigenvalue weighted by atomic mass is 127. The van der Waals surface area contributed by atoms with Gasteiger partial charge in [0, 0.05) is 18.3 Å². The van der Waals surface area contributed by atoms with Gasteiger partial charge in [-0.25, -0.2) is 0 Å². The predicted octanol–water partition coefficient (Wildman–Crippen LogP) is 8.04. The van der Waals surface area contributed by atoms with Crippen LogP contribution in [0.1, 0.15) is 27.7 Å². The van der Waals surface area contributed by atoms with E-state index in [-0.39, 0.29) is 12.2 Å². The van der Waals surface area contributed by atoms with Crippen molar-refractivity contribution in [1.29, 1.82) is 0 Å². The molecule has 0 amide bonds. The smallest absolute Gasteiger partial charge is 0.163 e. The maximum Gasteiger partial charge on any atom is 0.163 e. The monoisotopic (exact) mass is 1170 g/mol. The van der Waals surface area contributed by atoms with Crippen molar-refractivity contribution >= 4 is 136 Å². The van der Waals surface area contributed by atoms with Gasteiger partial charge < -0.3 is 28.4 Å². The van der Waals surface area contributed by atoms with Crippen LogP contribution in [0, 0.1) is 21.4 Å². The molecule has 2 atom stereocenters. The molecule has 0 bridgehead atoms. The van der Waals surface area contributed by atoms with Crippen molar-refractivity contribution in [3.8, 4) is 22.6 Å². The normalized spacial score (nSPS) is 22.7. The van der Waals surface area contributed by atoms with Gasteiger partial charge in [0.15, 0.2) is 11.6 Å². The van der Waals surface area contributed by atoms with Crippen LogP contribution >= 0.6 is 136 Å². The largest absolute Gasteiger partial charge is 0.489 e. The summed E-state index contributed by atoms with van der Waals surface area (Å²) in [6, 6.07) is 4.33. The first-order valence-electron chi connectivity index (χ1n) is 11.0. The summed E-state index contributed by atoms with van der Waals surface area (Å²) in [5, 5.41) is 0. The third kappa shape index (κ3) is 7.36. The maximum absolute atomic E-state index is 6.34. The van der Waals surface area contributed by atoms with E-state index in [9.17, 15) is 0 Å². The molecular weight excluding hydrogens is 1150 g/mol. The van der Waals surface area contributed by atoms with Gasteiger partial charge in [-0.3, -0.25) is 0 Å². The number of hydrogen-bond acceptors (Lipinski definition) is 6. The maximum atomic E-state index is 6.34. The fourth-order valence-corrected chi connectivity index (χ4v) is 12.4. The van der Waals surface area contributed by atoms with E-state index in [1.165, 1.54) is 0 Å². The Kier molecular flexibility index (Phi) is 11.0. The Morgan fingerprint density at radius 3 is 1.33 bits per heavy atom. The number of rotatable bonds is 7. The molecule has 2 aliphatic rings. The zero-order chi connectivity index (χ0) is 26.4. The van der Waals surface area contributed by atoms with Gasteiger partial charge in [0.05, 0.1) is 27.5 Å². The molecule has 6 nitrogen and oxygen atoms in total. The second-order valence-corrected chi connectivity index (χ2v) is 16.0. The van der Waals surface area contributed by atoms with Crippen molar-refractivity contribution in [1.82, 2.24) is 0 Å². The third-order valence-corrected chi connectivity index (χ3v) is 10.8. The molecule has 0 aromatic heterocycles. The van der Waals surface area contributed by atoms with Crippen LogP contribution in [0.2, 0.25) is 0 Å². The van der Waals surface area contributed by atoms with Crippen molar-refractivity contribution in [3.05, 3.63) is 33.6 Å². The van der Waals surface area contributed by atoms with E-state index in [0.717, 1.165) is 44.0 Å². The molecule has 2 saturated heterocycles. The van der Waals surface area contributed by atoms with Crippen LogP contribution in [0.15, 0.2) is 12.1 Å². The van der Waals surface area contributed by atoms with Crippen molar-refractivity contribution in [3.63, 3.8) is 0 Å². The Morgan fingerprint density at radius 1 is 0.667 bits per heavy atom. The van der Waals surface area contributed by atoms with Gasteiger partial charge in [-0.1, -0.05) is 0 Å². The first-order chi connectivity index (χ1) is 16.8. The third-order valence-electron chi connectivity index (χ3n) is 5.47. The van der Waals surface area contributed by atoms with Crippen LogP contribution in [0.3, 0.4) is 0 Å². The Morgan fingerprint density at radius 2 is 1.03 bits per heavy atom. The van der Waals surface area contributed by atoms with E-state index in [4.69, 9.17) is 28.4 Å². The Balaban J connectivity index is 1.64. The molecule has 2 aromatic rings. The predicted molar refractivity (Wildman–Crippen MR) is 189 cm³/mol. The molecule has 2 unspecified atom stereocenters. The quantitative estimate of drug-likeness (QED) is 0.262. The first kappa shape index (κ1) is 31.2. The Hall–Kier alpha value is 2.26.